The van der Waals surface area contributed by atoms with Gasteiger partial charge in [0.15, 0.2) is 0 Å². The zero-order valence-corrected chi connectivity index (χ0v) is 13.9. The van der Waals surface area contributed by atoms with Crippen molar-refractivity contribution in [1.29, 1.82) is 0 Å². The summed E-state index contributed by atoms with van der Waals surface area (Å²) in [6.45, 7) is 5.87. The standard InChI is InChI=1S/C17H19BrN2O/c1-12-3-8-16-13(2)20(10-9-19(12)16)17(21)15-6-4-14(11-18)5-7-15/h3-8,13H,9-11H2,1-2H3. The smallest absolute Gasteiger partial charge is 0.254 e. The molecule has 3 nitrogen and oxygen atoms in total. The summed E-state index contributed by atoms with van der Waals surface area (Å²) in [5, 5.41) is 0.814. The van der Waals surface area contributed by atoms with E-state index in [9.17, 15) is 4.79 Å². The predicted molar refractivity (Wildman–Crippen MR) is 87.7 cm³/mol. The van der Waals surface area contributed by atoms with Crippen LogP contribution in [0.2, 0.25) is 0 Å². The van der Waals surface area contributed by atoms with Crippen LogP contribution in [0.3, 0.4) is 0 Å². The monoisotopic (exact) mass is 346 g/mol. The maximum absolute atomic E-state index is 12.7. The fraction of sp³-hybridized carbons (Fsp3) is 0.353. The summed E-state index contributed by atoms with van der Waals surface area (Å²) in [5.41, 5.74) is 4.45. The average molecular weight is 347 g/mol. The number of amides is 1. The van der Waals surface area contributed by atoms with Gasteiger partial charge < -0.3 is 9.47 Å². The Labute approximate surface area is 133 Å². The van der Waals surface area contributed by atoms with Gasteiger partial charge in [0.2, 0.25) is 0 Å². The Bertz CT molecular complexity index is 660. The lowest BCUT2D eigenvalue weighted by Crippen LogP contribution is -2.41. The molecular formula is C17H19BrN2O. The van der Waals surface area contributed by atoms with Crippen LogP contribution in [-0.2, 0) is 11.9 Å². The Kier molecular flexibility index (Phi) is 3.89. The van der Waals surface area contributed by atoms with E-state index in [-0.39, 0.29) is 11.9 Å². The van der Waals surface area contributed by atoms with Crippen LogP contribution < -0.4 is 0 Å². The lowest BCUT2D eigenvalue weighted by atomic mass is 10.1. The molecule has 21 heavy (non-hydrogen) atoms. The number of alkyl halides is 1. The highest BCUT2D eigenvalue weighted by atomic mass is 79.9. The van der Waals surface area contributed by atoms with Crippen molar-refractivity contribution < 1.29 is 4.79 Å². The lowest BCUT2D eigenvalue weighted by molar-refractivity contribution is 0.0643. The van der Waals surface area contributed by atoms with Gasteiger partial charge in [-0.2, -0.15) is 0 Å². The highest BCUT2D eigenvalue weighted by Gasteiger charge is 2.28. The number of benzene rings is 1. The minimum absolute atomic E-state index is 0.119. The maximum atomic E-state index is 12.7. The molecule has 2 heterocycles. The summed E-state index contributed by atoms with van der Waals surface area (Å²) in [4.78, 5) is 14.7. The predicted octanol–water partition coefficient (Wildman–Crippen LogP) is 3.91. The van der Waals surface area contributed by atoms with E-state index in [1.807, 2.05) is 29.2 Å². The minimum atomic E-state index is 0.119. The molecule has 1 atom stereocenters. The Morgan fingerprint density at radius 3 is 2.57 bits per heavy atom. The molecule has 4 heteroatoms. The van der Waals surface area contributed by atoms with Gasteiger partial charge >= 0.3 is 0 Å². The molecule has 0 N–H and O–H groups in total. The molecular weight excluding hydrogens is 328 g/mol. The van der Waals surface area contributed by atoms with Crippen molar-refractivity contribution in [2.45, 2.75) is 31.8 Å². The second kappa shape index (κ2) is 5.68. The molecule has 0 saturated heterocycles. The molecule has 0 bridgehead atoms. The van der Waals surface area contributed by atoms with Crippen LogP contribution >= 0.6 is 15.9 Å². The number of aryl methyl sites for hydroxylation is 1. The van der Waals surface area contributed by atoms with Crippen molar-refractivity contribution >= 4 is 21.8 Å². The van der Waals surface area contributed by atoms with Crippen molar-refractivity contribution in [3.63, 3.8) is 0 Å². The first-order valence-corrected chi connectivity index (χ1v) is 8.36. The molecule has 1 aliphatic rings. The van der Waals surface area contributed by atoms with Crippen LogP contribution in [0.5, 0.6) is 0 Å². The number of carbonyl (C=O) groups excluding carboxylic acids is 1. The van der Waals surface area contributed by atoms with Gasteiger partial charge in [-0.1, -0.05) is 28.1 Å². The van der Waals surface area contributed by atoms with Crippen molar-refractivity contribution in [3.8, 4) is 0 Å². The fourth-order valence-electron chi connectivity index (χ4n) is 3.00. The highest BCUT2D eigenvalue weighted by molar-refractivity contribution is 9.08. The second-order valence-electron chi connectivity index (χ2n) is 5.56. The second-order valence-corrected chi connectivity index (χ2v) is 6.12. The van der Waals surface area contributed by atoms with Crippen molar-refractivity contribution in [1.82, 2.24) is 9.47 Å². The van der Waals surface area contributed by atoms with Gasteiger partial charge in [0.25, 0.3) is 5.91 Å². The highest BCUT2D eigenvalue weighted by Crippen LogP contribution is 2.28. The van der Waals surface area contributed by atoms with E-state index in [4.69, 9.17) is 0 Å². The SMILES string of the molecule is Cc1ccc2n1CCN(C(=O)c1ccc(CBr)cc1)C2C. The molecule has 2 aromatic rings. The van der Waals surface area contributed by atoms with E-state index in [1.54, 1.807) is 0 Å². The van der Waals surface area contributed by atoms with E-state index < -0.39 is 0 Å². The molecule has 0 fully saturated rings. The first-order valence-electron chi connectivity index (χ1n) is 7.23. The maximum Gasteiger partial charge on any atom is 0.254 e. The first kappa shape index (κ1) is 14.4. The van der Waals surface area contributed by atoms with Crippen LogP contribution in [0, 0.1) is 6.92 Å². The summed E-state index contributed by atoms with van der Waals surface area (Å²) >= 11 is 3.43. The molecule has 0 spiro atoms. The van der Waals surface area contributed by atoms with Gasteiger partial charge in [-0.15, -0.1) is 0 Å². The lowest BCUT2D eigenvalue weighted by Gasteiger charge is -2.35. The van der Waals surface area contributed by atoms with Gasteiger partial charge in [0.05, 0.1) is 6.04 Å². The van der Waals surface area contributed by atoms with Gasteiger partial charge in [-0.3, -0.25) is 4.79 Å². The quantitative estimate of drug-likeness (QED) is 0.756. The van der Waals surface area contributed by atoms with Crippen LogP contribution in [-0.4, -0.2) is 21.9 Å². The molecule has 3 rings (SSSR count). The normalized spacial score (nSPS) is 17.7. The van der Waals surface area contributed by atoms with Crippen molar-refractivity contribution in [2.24, 2.45) is 0 Å². The van der Waals surface area contributed by atoms with Gasteiger partial charge in [0.1, 0.15) is 0 Å². The zero-order valence-electron chi connectivity index (χ0n) is 12.3. The van der Waals surface area contributed by atoms with Crippen LogP contribution in [0.1, 0.15) is 40.3 Å². The third kappa shape index (κ3) is 2.53. The third-order valence-electron chi connectivity index (χ3n) is 4.31. The van der Waals surface area contributed by atoms with Crippen LogP contribution in [0.25, 0.3) is 0 Å². The van der Waals surface area contributed by atoms with Crippen LogP contribution in [0.15, 0.2) is 36.4 Å². The van der Waals surface area contributed by atoms with E-state index in [1.165, 1.54) is 17.0 Å². The van der Waals surface area contributed by atoms with Crippen molar-refractivity contribution in [2.75, 3.05) is 6.54 Å². The number of aromatic nitrogens is 1. The average Bonchev–Trinajstić information content (AvgIpc) is 2.89. The fourth-order valence-corrected chi connectivity index (χ4v) is 3.37. The van der Waals surface area contributed by atoms with E-state index in [0.29, 0.717) is 0 Å². The van der Waals surface area contributed by atoms with E-state index in [0.717, 1.165) is 24.0 Å². The number of fused-ring (bicyclic) bond motifs is 1. The summed E-state index contributed by atoms with van der Waals surface area (Å²) < 4.78 is 2.31. The summed E-state index contributed by atoms with van der Waals surface area (Å²) in [7, 11) is 0. The minimum Gasteiger partial charge on any atom is -0.345 e. The number of halogens is 1. The molecule has 1 aromatic heterocycles. The topological polar surface area (TPSA) is 25.2 Å². The molecule has 0 aliphatic carbocycles. The number of nitrogens with zero attached hydrogens (tertiary/aromatic N) is 2. The van der Waals surface area contributed by atoms with E-state index >= 15 is 0 Å². The molecule has 0 radical (unpaired) electrons. The summed E-state index contributed by atoms with van der Waals surface area (Å²) in [5.74, 6) is 0.119. The van der Waals surface area contributed by atoms with Gasteiger partial charge in [-0.05, 0) is 43.7 Å². The number of hydrogen-bond acceptors (Lipinski definition) is 1. The Morgan fingerprint density at radius 1 is 1.19 bits per heavy atom. The molecule has 1 aromatic carbocycles. The molecule has 1 aliphatic heterocycles. The molecule has 1 unspecified atom stereocenters. The van der Waals surface area contributed by atoms with Crippen LogP contribution in [0.4, 0.5) is 0 Å². The van der Waals surface area contributed by atoms with E-state index in [2.05, 4.69) is 46.5 Å². The Balaban J connectivity index is 1.85. The number of rotatable bonds is 2. The van der Waals surface area contributed by atoms with Crippen molar-refractivity contribution in [3.05, 3.63) is 58.9 Å². The number of hydrogen-bond donors (Lipinski definition) is 0. The molecule has 1 amide bonds. The van der Waals surface area contributed by atoms with Gasteiger partial charge in [0, 0.05) is 35.4 Å². The summed E-state index contributed by atoms with van der Waals surface area (Å²) in [6.07, 6.45) is 0. The summed E-state index contributed by atoms with van der Waals surface area (Å²) in [6, 6.07) is 12.2. The zero-order chi connectivity index (χ0) is 15.0. The van der Waals surface area contributed by atoms with Gasteiger partial charge in [-0.25, -0.2) is 0 Å². The molecule has 110 valence electrons. The Morgan fingerprint density at radius 2 is 1.90 bits per heavy atom. The first-order chi connectivity index (χ1) is 10.1. The largest absolute Gasteiger partial charge is 0.345 e. The number of carbonyl (C=O) groups is 1. The Hall–Kier alpha value is -1.55. The third-order valence-corrected chi connectivity index (χ3v) is 4.96. The molecule has 0 saturated carbocycles.